The zero-order valence-electron chi connectivity index (χ0n) is 22.3. The predicted molar refractivity (Wildman–Crippen MR) is 148 cm³/mol. The summed E-state index contributed by atoms with van der Waals surface area (Å²) in [5.74, 6) is 0.820. The summed E-state index contributed by atoms with van der Waals surface area (Å²) < 4.78 is 11.4. The fourth-order valence-electron chi connectivity index (χ4n) is 5.13. The maximum atomic E-state index is 13.6. The van der Waals surface area contributed by atoms with E-state index in [0.717, 1.165) is 55.4 Å². The lowest BCUT2D eigenvalue weighted by molar-refractivity contribution is -0.139. The number of likely N-dealkylation sites (tertiary alicyclic amines) is 1. The van der Waals surface area contributed by atoms with Gasteiger partial charge in [-0.3, -0.25) is 19.5 Å². The summed E-state index contributed by atoms with van der Waals surface area (Å²) in [6.45, 7) is 6.23. The van der Waals surface area contributed by atoms with Gasteiger partial charge in [0, 0.05) is 51.3 Å². The van der Waals surface area contributed by atoms with E-state index in [-0.39, 0.29) is 24.3 Å². The summed E-state index contributed by atoms with van der Waals surface area (Å²) in [5, 5.41) is 0. The molecule has 39 heavy (non-hydrogen) atoms. The van der Waals surface area contributed by atoms with Crippen molar-refractivity contribution in [3.63, 3.8) is 0 Å². The molecule has 0 aliphatic carbocycles. The van der Waals surface area contributed by atoms with Gasteiger partial charge in [0.1, 0.15) is 12.4 Å². The lowest BCUT2D eigenvalue weighted by atomic mass is 9.99. The Balaban J connectivity index is 1.23. The van der Waals surface area contributed by atoms with Gasteiger partial charge in [-0.05, 0) is 35.4 Å². The van der Waals surface area contributed by atoms with Crippen molar-refractivity contribution in [2.24, 2.45) is 0 Å². The second-order valence-electron chi connectivity index (χ2n) is 10.1. The van der Waals surface area contributed by atoms with Crippen LogP contribution in [0.25, 0.3) is 0 Å². The van der Waals surface area contributed by atoms with Gasteiger partial charge in [0.2, 0.25) is 11.8 Å². The minimum absolute atomic E-state index is 0.0191. The normalized spacial score (nSPS) is 17.8. The maximum absolute atomic E-state index is 13.6. The van der Waals surface area contributed by atoms with Crippen LogP contribution < -0.4 is 4.74 Å². The van der Waals surface area contributed by atoms with Crippen LogP contribution in [0.5, 0.6) is 5.75 Å². The van der Waals surface area contributed by atoms with Gasteiger partial charge in [-0.25, -0.2) is 0 Å². The molecule has 8 heteroatoms. The summed E-state index contributed by atoms with van der Waals surface area (Å²) in [7, 11) is 0. The van der Waals surface area contributed by atoms with E-state index in [1.807, 2.05) is 72.8 Å². The van der Waals surface area contributed by atoms with Crippen LogP contribution in [0.2, 0.25) is 0 Å². The molecule has 0 radical (unpaired) electrons. The zero-order chi connectivity index (χ0) is 26.9. The van der Waals surface area contributed by atoms with E-state index in [1.165, 1.54) is 0 Å². The molecule has 1 aromatic heterocycles. The fraction of sp³-hybridized carbons (Fsp3) is 0.387. The van der Waals surface area contributed by atoms with Crippen molar-refractivity contribution < 1.29 is 19.1 Å². The Morgan fingerprint density at radius 2 is 1.82 bits per heavy atom. The molecule has 3 aromatic rings. The lowest BCUT2D eigenvalue weighted by Crippen LogP contribution is -2.40. The van der Waals surface area contributed by atoms with Gasteiger partial charge in [0.15, 0.2) is 0 Å². The molecule has 8 nitrogen and oxygen atoms in total. The monoisotopic (exact) mass is 528 g/mol. The number of aromatic nitrogens is 1. The largest absolute Gasteiger partial charge is 0.492 e. The van der Waals surface area contributed by atoms with Crippen LogP contribution in [0.4, 0.5) is 0 Å². The van der Waals surface area contributed by atoms with Crippen LogP contribution in [0.15, 0.2) is 79.0 Å². The van der Waals surface area contributed by atoms with E-state index in [0.29, 0.717) is 32.7 Å². The second kappa shape index (κ2) is 13.4. The lowest BCUT2D eigenvalue weighted by Gasteiger charge is -2.26. The van der Waals surface area contributed by atoms with Crippen LogP contribution >= 0.6 is 0 Å². The van der Waals surface area contributed by atoms with Crippen molar-refractivity contribution in [1.29, 1.82) is 0 Å². The molecule has 5 rings (SSSR count). The van der Waals surface area contributed by atoms with Crippen LogP contribution in [0.1, 0.15) is 29.2 Å². The van der Waals surface area contributed by atoms with Crippen LogP contribution in [-0.4, -0.2) is 84.0 Å². The number of morpholine rings is 1. The molecule has 2 saturated heterocycles. The van der Waals surface area contributed by atoms with E-state index in [9.17, 15) is 9.59 Å². The van der Waals surface area contributed by atoms with Crippen molar-refractivity contribution in [3.05, 3.63) is 95.8 Å². The summed E-state index contributed by atoms with van der Waals surface area (Å²) in [6, 6.07) is 23.6. The topological polar surface area (TPSA) is 75.2 Å². The molecule has 0 saturated carbocycles. The Morgan fingerprint density at radius 1 is 1.00 bits per heavy atom. The average Bonchev–Trinajstić information content (AvgIpc) is 3.34. The first kappa shape index (κ1) is 26.8. The Labute approximate surface area is 230 Å². The Bertz CT molecular complexity index is 1220. The number of nitrogens with zero attached hydrogens (tertiary/aromatic N) is 4. The quantitative estimate of drug-likeness (QED) is 0.380. The number of amides is 2. The summed E-state index contributed by atoms with van der Waals surface area (Å²) in [4.78, 5) is 36.6. The van der Waals surface area contributed by atoms with E-state index < -0.39 is 0 Å². The minimum atomic E-state index is -0.0960. The molecule has 1 atom stereocenters. The highest BCUT2D eigenvalue weighted by Gasteiger charge is 2.32. The molecule has 0 unspecified atom stereocenters. The molecule has 3 heterocycles. The third kappa shape index (κ3) is 7.65. The Hall–Kier alpha value is -3.75. The number of hydrogen-bond acceptors (Lipinski definition) is 6. The highest BCUT2D eigenvalue weighted by molar-refractivity contribution is 5.86. The van der Waals surface area contributed by atoms with Crippen LogP contribution in [0, 0.1) is 0 Å². The molecule has 2 aliphatic rings. The summed E-state index contributed by atoms with van der Waals surface area (Å²) >= 11 is 0. The number of hydrogen-bond donors (Lipinski definition) is 0. The van der Waals surface area contributed by atoms with Gasteiger partial charge in [0.05, 0.1) is 32.0 Å². The number of carbonyl (C=O) groups excluding carboxylic acids is 2. The summed E-state index contributed by atoms with van der Waals surface area (Å²) in [5.41, 5.74) is 2.91. The number of pyridine rings is 1. The third-order valence-electron chi connectivity index (χ3n) is 7.30. The molecule has 2 aromatic carbocycles. The predicted octanol–water partition coefficient (Wildman–Crippen LogP) is 3.34. The number of ether oxygens (including phenoxy) is 2. The van der Waals surface area contributed by atoms with E-state index in [1.54, 1.807) is 16.0 Å². The first-order valence-corrected chi connectivity index (χ1v) is 13.7. The molecule has 2 fully saturated rings. The van der Waals surface area contributed by atoms with Crippen molar-refractivity contribution in [3.8, 4) is 5.75 Å². The van der Waals surface area contributed by atoms with Crippen LogP contribution in [-0.2, 0) is 27.4 Å². The zero-order valence-corrected chi connectivity index (χ0v) is 22.3. The first-order chi connectivity index (χ1) is 19.1. The van der Waals surface area contributed by atoms with Gasteiger partial charge >= 0.3 is 0 Å². The molecular weight excluding hydrogens is 492 g/mol. The van der Waals surface area contributed by atoms with Gasteiger partial charge in [-0.2, -0.15) is 0 Å². The maximum Gasteiger partial charge on any atom is 0.242 e. The standard InChI is InChI=1S/C31H36N4O4/c36-30-20-27(26-8-2-1-3-9-26)22-35(30)24-31(37)34(23-28-10-4-5-12-32-28)21-25-7-6-11-29(19-25)39-18-15-33-13-16-38-17-14-33/h1-12,19,27H,13-18,20-24H2/t27-/m0/s1. The third-order valence-corrected chi connectivity index (χ3v) is 7.30. The first-order valence-electron chi connectivity index (χ1n) is 13.7. The van der Waals surface area contributed by atoms with E-state index in [4.69, 9.17) is 9.47 Å². The molecular formula is C31H36N4O4. The number of benzene rings is 2. The second-order valence-corrected chi connectivity index (χ2v) is 10.1. The van der Waals surface area contributed by atoms with Crippen molar-refractivity contribution in [2.75, 3.05) is 52.5 Å². The van der Waals surface area contributed by atoms with Crippen molar-refractivity contribution >= 4 is 11.8 Å². The minimum Gasteiger partial charge on any atom is -0.492 e. The molecule has 2 amide bonds. The Kier molecular flexibility index (Phi) is 9.19. The van der Waals surface area contributed by atoms with Gasteiger partial charge in [0.25, 0.3) is 0 Å². The van der Waals surface area contributed by atoms with E-state index >= 15 is 0 Å². The summed E-state index contributed by atoms with van der Waals surface area (Å²) in [6.07, 6.45) is 2.16. The molecule has 2 aliphatic heterocycles. The van der Waals surface area contributed by atoms with Gasteiger partial charge in [-0.1, -0.05) is 48.5 Å². The van der Waals surface area contributed by atoms with Crippen LogP contribution in [0.3, 0.4) is 0 Å². The smallest absolute Gasteiger partial charge is 0.242 e. The highest BCUT2D eigenvalue weighted by atomic mass is 16.5. The van der Waals surface area contributed by atoms with Crippen molar-refractivity contribution in [2.45, 2.75) is 25.4 Å². The van der Waals surface area contributed by atoms with E-state index in [2.05, 4.69) is 9.88 Å². The molecule has 0 spiro atoms. The van der Waals surface area contributed by atoms with Crippen molar-refractivity contribution in [1.82, 2.24) is 19.7 Å². The van der Waals surface area contributed by atoms with Gasteiger partial charge in [-0.15, -0.1) is 0 Å². The average molecular weight is 529 g/mol. The number of rotatable bonds is 11. The molecule has 204 valence electrons. The highest BCUT2D eigenvalue weighted by Crippen LogP contribution is 2.28. The number of carbonyl (C=O) groups is 2. The van der Waals surface area contributed by atoms with Gasteiger partial charge < -0.3 is 19.3 Å². The molecule has 0 bridgehead atoms. The fourth-order valence-corrected chi connectivity index (χ4v) is 5.13. The Morgan fingerprint density at radius 3 is 2.62 bits per heavy atom. The SMILES string of the molecule is O=C(CN1C[C@@H](c2ccccc2)CC1=O)N(Cc1cccc(OCCN2CCOCC2)c1)Cc1ccccn1. The molecule has 0 N–H and O–H groups in total.